The lowest BCUT2D eigenvalue weighted by Crippen LogP contribution is -2.47. The summed E-state index contributed by atoms with van der Waals surface area (Å²) in [5.74, 6) is -1.45. The van der Waals surface area contributed by atoms with E-state index in [0.717, 1.165) is 0 Å². The van der Waals surface area contributed by atoms with Crippen LogP contribution in [0.3, 0.4) is 0 Å². The molecule has 6 nitrogen and oxygen atoms in total. The Hall–Kier alpha value is -1.14. The zero-order valence-electron chi connectivity index (χ0n) is 10.1. The number of likely N-dealkylation sites (tertiary alicyclic amines) is 1. The van der Waals surface area contributed by atoms with E-state index in [1.54, 1.807) is 0 Å². The van der Waals surface area contributed by atoms with Gasteiger partial charge in [0.2, 0.25) is 0 Å². The van der Waals surface area contributed by atoms with Gasteiger partial charge in [-0.05, 0) is 6.42 Å². The number of hydrogen-bond acceptors (Lipinski definition) is 5. The fraction of sp³-hybridized carbons (Fsp3) is 0.818. The molecular formula is C11H19NO5. The molecule has 1 fully saturated rings. The van der Waals surface area contributed by atoms with E-state index in [1.807, 2.05) is 6.92 Å². The molecule has 1 rings (SSSR count). The van der Waals surface area contributed by atoms with Crippen LogP contribution in [0.5, 0.6) is 0 Å². The monoisotopic (exact) mass is 245 g/mol. The highest BCUT2D eigenvalue weighted by molar-refractivity contribution is 5.79. The molecule has 1 aliphatic rings. The number of aliphatic carboxylic acids is 1. The number of methoxy groups -OCH3 is 1. The fourth-order valence-electron chi connectivity index (χ4n) is 2.25. The van der Waals surface area contributed by atoms with E-state index in [-0.39, 0.29) is 13.0 Å². The molecule has 1 saturated heterocycles. The average Bonchev–Trinajstić information content (AvgIpc) is 2.66. The summed E-state index contributed by atoms with van der Waals surface area (Å²) in [6.45, 7) is 2.09. The van der Waals surface area contributed by atoms with Crippen molar-refractivity contribution in [2.75, 3.05) is 13.7 Å². The van der Waals surface area contributed by atoms with Crippen LogP contribution in [0, 0.1) is 0 Å². The fourth-order valence-corrected chi connectivity index (χ4v) is 2.25. The van der Waals surface area contributed by atoms with E-state index in [1.165, 1.54) is 12.0 Å². The number of ether oxygens (including phenoxy) is 1. The zero-order chi connectivity index (χ0) is 13.0. The standard InChI is InChI=1S/C11H19NO5/c1-3-4-8(10(14)15)12-6-7(13)5-9(12)11(16)17-2/h7-9,13H,3-6H2,1-2H3,(H,14,15). The van der Waals surface area contributed by atoms with Gasteiger partial charge >= 0.3 is 11.9 Å². The molecule has 1 heterocycles. The van der Waals surface area contributed by atoms with Crippen molar-refractivity contribution in [1.29, 1.82) is 0 Å². The topological polar surface area (TPSA) is 87.1 Å². The van der Waals surface area contributed by atoms with Crippen molar-refractivity contribution < 1.29 is 24.5 Å². The molecule has 0 saturated carbocycles. The van der Waals surface area contributed by atoms with Gasteiger partial charge in [0.25, 0.3) is 0 Å². The van der Waals surface area contributed by atoms with Gasteiger partial charge in [0.15, 0.2) is 0 Å². The normalized spacial score (nSPS) is 26.8. The van der Waals surface area contributed by atoms with Crippen LogP contribution in [0.4, 0.5) is 0 Å². The predicted molar refractivity (Wildman–Crippen MR) is 59.5 cm³/mol. The number of rotatable bonds is 5. The first kappa shape index (κ1) is 13.9. The van der Waals surface area contributed by atoms with Crippen LogP contribution < -0.4 is 0 Å². The molecule has 0 aromatic rings. The smallest absolute Gasteiger partial charge is 0.323 e. The average molecular weight is 245 g/mol. The van der Waals surface area contributed by atoms with Gasteiger partial charge in [-0.2, -0.15) is 0 Å². The number of carboxylic acid groups (broad SMARTS) is 1. The molecule has 0 radical (unpaired) electrons. The van der Waals surface area contributed by atoms with Gasteiger partial charge in [-0.1, -0.05) is 13.3 Å². The Labute approximate surface area is 100 Å². The quantitative estimate of drug-likeness (QED) is 0.655. The van der Waals surface area contributed by atoms with Gasteiger partial charge in [-0.15, -0.1) is 0 Å². The number of carbonyl (C=O) groups is 2. The third-order valence-electron chi connectivity index (χ3n) is 3.04. The minimum absolute atomic E-state index is 0.205. The molecule has 0 aromatic carbocycles. The molecule has 6 heteroatoms. The summed E-state index contributed by atoms with van der Waals surface area (Å²) < 4.78 is 4.64. The first-order valence-electron chi connectivity index (χ1n) is 5.75. The van der Waals surface area contributed by atoms with Gasteiger partial charge in [0.1, 0.15) is 12.1 Å². The number of carbonyl (C=O) groups excluding carboxylic acids is 1. The molecule has 98 valence electrons. The van der Waals surface area contributed by atoms with Crippen LogP contribution in [-0.4, -0.2) is 58.9 Å². The number of esters is 1. The lowest BCUT2D eigenvalue weighted by Gasteiger charge is -2.28. The highest BCUT2D eigenvalue weighted by Gasteiger charge is 2.42. The van der Waals surface area contributed by atoms with Gasteiger partial charge in [0.05, 0.1) is 13.2 Å². The number of aliphatic hydroxyl groups is 1. The Kier molecular flexibility index (Phi) is 4.89. The Morgan fingerprint density at radius 2 is 2.18 bits per heavy atom. The van der Waals surface area contributed by atoms with Crippen LogP contribution in [0.25, 0.3) is 0 Å². The van der Waals surface area contributed by atoms with Crippen molar-refractivity contribution in [3.63, 3.8) is 0 Å². The number of carboxylic acids is 1. The molecule has 0 aromatic heterocycles. The van der Waals surface area contributed by atoms with Crippen LogP contribution >= 0.6 is 0 Å². The molecule has 1 aliphatic heterocycles. The van der Waals surface area contributed by atoms with E-state index < -0.39 is 30.1 Å². The summed E-state index contributed by atoms with van der Waals surface area (Å²) in [6.07, 6.45) is 0.727. The second-order valence-electron chi connectivity index (χ2n) is 4.27. The first-order chi connectivity index (χ1) is 8.01. The van der Waals surface area contributed by atoms with Crippen molar-refractivity contribution in [3.8, 4) is 0 Å². The summed E-state index contributed by atoms with van der Waals surface area (Å²) in [6, 6.07) is -1.39. The maximum atomic E-state index is 11.5. The highest BCUT2D eigenvalue weighted by Crippen LogP contribution is 2.24. The van der Waals surface area contributed by atoms with E-state index in [2.05, 4.69) is 4.74 Å². The lowest BCUT2D eigenvalue weighted by molar-refractivity contribution is -0.151. The Morgan fingerprint density at radius 1 is 1.53 bits per heavy atom. The third-order valence-corrected chi connectivity index (χ3v) is 3.04. The van der Waals surface area contributed by atoms with Crippen molar-refractivity contribution in [3.05, 3.63) is 0 Å². The van der Waals surface area contributed by atoms with Crippen LogP contribution in [0.2, 0.25) is 0 Å². The zero-order valence-corrected chi connectivity index (χ0v) is 10.1. The summed E-state index contributed by atoms with van der Waals surface area (Å²) >= 11 is 0. The summed E-state index contributed by atoms with van der Waals surface area (Å²) in [5, 5.41) is 18.7. The van der Waals surface area contributed by atoms with Gasteiger partial charge < -0.3 is 14.9 Å². The van der Waals surface area contributed by atoms with Crippen molar-refractivity contribution >= 4 is 11.9 Å². The molecule has 0 amide bonds. The van der Waals surface area contributed by atoms with E-state index in [0.29, 0.717) is 12.8 Å². The van der Waals surface area contributed by atoms with Gasteiger partial charge in [-0.25, -0.2) is 0 Å². The van der Waals surface area contributed by atoms with Crippen LogP contribution in [-0.2, 0) is 14.3 Å². The maximum absolute atomic E-state index is 11.5. The van der Waals surface area contributed by atoms with Crippen LogP contribution in [0.1, 0.15) is 26.2 Å². The molecule has 2 N–H and O–H groups in total. The molecule has 0 aliphatic carbocycles. The first-order valence-corrected chi connectivity index (χ1v) is 5.75. The number of hydrogen-bond donors (Lipinski definition) is 2. The van der Waals surface area contributed by atoms with Gasteiger partial charge in [0, 0.05) is 13.0 Å². The molecule has 0 bridgehead atoms. The largest absolute Gasteiger partial charge is 0.480 e. The summed E-state index contributed by atoms with van der Waals surface area (Å²) in [7, 11) is 1.26. The lowest BCUT2D eigenvalue weighted by atomic mass is 10.1. The minimum Gasteiger partial charge on any atom is -0.480 e. The number of nitrogens with zero attached hydrogens (tertiary/aromatic N) is 1. The second kappa shape index (κ2) is 5.97. The molecule has 0 spiro atoms. The predicted octanol–water partition coefficient (Wildman–Crippen LogP) is -0.152. The Bertz CT molecular complexity index is 292. The van der Waals surface area contributed by atoms with Crippen molar-refractivity contribution in [2.24, 2.45) is 0 Å². The van der Waals surface area contributed by atoms with E-state index in [4.69, 9.17) is 5.11 Å². The van der Waals surface area contributed by atoms with Gasteiger partial charge in [-0.3, -0.25) is 14.5 Å². The highest BCUT2D eigenvalue weighted by atomic mass is 16.5. The number of aliphatic hydroxyl groups excluding tert-OH is 1. The van der Waals surface area contributed by atoms with Crippen molar-refractivity contribution in [1.82, 2.24) is 4.90 Å². The Balaban J connectivity index is 2.83. The van der Waals surface area contributed by atoms with Crippen LogP contribution in [0.15, 0.2) is 0 Å². The molecule has 3 unspecified atom stereocenters. The maximum Gasteiger partial charge on any atom is 0.323 e. The second-order valence-corrected chi connectivity index (χ2v) is 4.27. The summed E-state index contributed by atoms with van der Waals surface area (Å²) in [5.41, 5.74) is 0. The third kappa shape index (κ3) is 3.17. The molecular weight excluding hydrogens is 226 g/mol. The summed E-state index contributed by atoms with van der Waals surface area (Å²) in [4.78, 5) is 24.2. The molecule has 17 heavy (non-hydrogen) atoms. The Morgan fingerprint density at radius 3 is 2.65 bits per heavy atom. The SMILES string of the molecule is CCCC(C(=O)O)N1CC(O)CC1C(=O)OC. The van der Waals surface area contributed by atoms with Crippen molar-refractivity contribution in [2.45, 2.75) is 44.4 Å². The van der Waals surface area contributed by atoms with E-state index in [9.17, 15) is 14.7 Å². The van der Waals surface area contributed by atoms with E-state index >= 15 is 0 Å². The number of β-amino-alcohol motifs (C(OH)–C–C–N with tert-alkyl or cyclic N) is 1. The minimum atomic E-state index is -0.963. The molecule has 3 atom stereocenters.